The van der Waals surface area contributed by atoms with Crippen molar-refractivity contribution in [1.29, 1.82) is 0 Å². The van der Waals surface area contributed by atoms with Gasteiger partial charge < -0.3 is 10.1 Å². The van der Waals surface area contributed by atoms with Gasteiger partial charge in [-0.1, -0.05) is 26.7 Å². The largest absolute Gasteiger partial charge is 0.490 e. The van der Waals surface area contributed by atoms with Crippen molar-refractivity contribution in [3.63, 3.8) is 0 Å². The van der Waals surface area contributed by atoms with Crippen molar-refractivity contribution in [1.82, 2.24) is 15.3 Å². The van der Waals surface area contributed by atoms with Gasteiger partial charge in [-0.3, -0.25) is 0 Å². The van der Waals surface area contributed by atoms with E-state index < -0.39 is 0 Å². The Morgan fingerprint density at radius 1 is 1.37 bits per heavy atom. The first-order chi connectivity index (χ1) is 9.20. The van der Waals surface area contributed by atoms with Crippen LogP contribution in [-0.2, 0) is 6.54 Å². The maximum Gasteiger partial charge on any atom is 0.160 e. The summed E-state index contributed by atoms with van der Waals surface area (Å²) in [5.74, 6) is 2.79. The average Bonchev–Trinajstić information content (AvgIpc) is 2.90. The lowest BCUT2D eigenvalue weighted by atomic mass is 10.1. The molecule has 0 amide bonds. The molecule has 0 aliphatic heterocycles. The third kappa shape index (κ3) is 3.90. The van der Waals surface area contributed by atoms with E-state index >= 15 is 0 Å². The summed E-state index contributed by atoms with van der Waals surface area (Å²) in [6.45, 7) is 5.75. The summed E-state index contributed by atoms with van der Waals surface area (Å²) in [5, 5.41) is 3.15. The van der Waals surface area contributed by atoms with Gasteiger partial charge in [-0.05, 0) is 25.8 Å². The van der Waals surface area contributed by atoms with Gasteiger partial charge in [0.1, 0.15) is 5.82 Å². The number of aromatic nitrogens is 2. The highest BCUT2D eigenvalue weighted by Gasteiger charge is 2.17. The van der Waals surface area contributed by atoms with Crippen LogP contribution in [0.1, 0.15) is 57.0 Å². The van der Waals surface area contributed by atoms with Crippen molar-refractivity contribution in [2.24, 2.45) is 5.92 Å². The van der Waals surface area contributed by atoms with Crippen LogP contribution in [0, 0.1) is 5.92 Å². The Morgan fingerprint density at radius 2 is 2.11 bits per heavy atom. The fourth-order valence-corrected chi connectivity index (χ4v) is 2.50. The summed E-state index contributed by atoms with van der Waals surface area (Å²) in [5.41, 5.74) is 0.971. The summed E-state index contributed by atoms with van der Waals surface area (Å²) < 4.78 is 5.94. The fourth-order valence-electron chi connectivity index (χ4n) is 2.50. The van der Waals surface area contributed by atoms with Crippen molar-refractivity contribution in [3.05, 3.63) is 17.7 Å². The maximum atomic E-state index is 5.94. The third-order valence-electron chi connectivity index (χ3n) is 3.66. The number of nitrogens with one attached hydrogen (secondary N) is 1. The summed E-state index contributed by atoms with van der Waals surface area (Å²) in [6, 6.07) is 0. The van der Waals surface area contributed by atoms with Gasteiger partial charge in [0.25, 0.3) is 0 Å². The Kier molecular flexibility index (Phi) is 5.14. The molecule has 1 N–H and O–H groups in total. The lowest BCUT2D eigenvalue weighted by Gasteiger charge is -2.15. The molecule has 0 atom stereocenters. The molecule has 0 aromatic carbocycles. The molecule has 1 aliphatic carbocycles. The second kappa shape index (κ2) is 6.85. The van der Waals surface area contributed by atoms with E-state index in [0.29, 0.717) is 11.8 Å². The van der Waals surface area contributed by atoms with E-state index in [9.17, 15) is 0 Å². The predicted molar refractivity (Wildman–Crippen MR) is 76.3 cm³/mol. The molecular formula is C15H25N3O. The van der Waals surface area contributed by atoms with E-state index in [1.165, 1.54) is 25.7 Å². The molecule has 1 aromatic rings. The first-order valence-corrected chi connectivity index (χ1v) is 7.34. The lowest BCUT2D eigenvalue weighted by molar-refractivity contribution is 0.247. The van der Waals surface area contributed by atoms with Crippen LogP contribution in [0.3, 0.4) is 0 Å². The Bertz CT molecular complexity index is 400. The number of hydrogen-bond acceptors (Lipinski definition) is 4. The fraction of sp³-hybridized carbons (Fsp3) is 0.733. The number of nitrogens with zero attached hydrogens (tertiary/aromatic N) is 2. The topological polar surface area (TPSA) is 47.0 Å². The Morgan fingerprint density at radius 3 is 2.74 bits per heavy atom. The van der Waals surface area contributed by atoms with E-state index in [1.54, 1.807) is 0 Å². The van der Waals surface area contributed by atoms with Crippen LogP contribution in [0.5, 0.6) is 5.75 Å². The van der Waals surface area contributed by atoms with Gasteiger partial charge in [-0.25, -0.2) is 9.97 Å². The minimum absolute atomic E-state index is 0.347. The predicted octanol–water partition coefficient (Wildman–Crippen LogP) is 2.89. The minimum atomic E-state index is 0.347. The summed E-state index contributed by atoms with van der Waals surface area (Å²) in [7, 11) is 1.93. The molecule has 19 heavy (non-hydrogen) atoms. The number of rotatable bonds is 6. The highest BCUT2D eigenvalue weighted by molar-refractivity contribution is 5.25. The zero-order valence-corrected chi connectivity index (χ0v) is 12.3. The molecule has 0 radical (unpaired) electrons. The van der Waals surface area contributed by atoms with Crippen LogP contribution in [0.15, 0.2) is 6.20 Å². The second-order valence-corrected chi connectivity index (χ2v) is 5.69. The molecule has 4 heteroatoms. The molecule has 1 saturated carbocycles. The normalized spacial score (nSPS) is 16.2. The lowest BCUT2D eigenvalue weighted by Crippen LogP contribution is -2.15. The van der Waals surface area contributed by atoms with Crippen LogP contribution >= 0.6 is 0 Å². The quantitative estimate of drug-likeness (QED) is 0.857. The van der Waals surface area contributed by atoms with Gasteiger partial charge in [-0.2, -0.15) is 0 Å². The van der Waals surface area contributed by atoms with E-state index in [4.69, 9.17) is 4.74 Å². The molecule has 2 rings (SSSR count). The van der Waals surface area contributed by atoms with Gasteiger partial charge in [0.15, 0.2) is 5.75 Å². The summed E-state index contributed by atoms with van der Waals surface area (Å²) in [6.07, 6.45) is 7.13. The first kappa shape index (κ1) is 14.3. The molecule has 0 bridgehead atoms. The van der Waals surface area contributed by atoms with Crippen molar-refractivity contribution < 1.29 is 4.74 Å². The Balaban J connectivity index is 2.04. The Labute approximate surface area is 116 Å². The first-order valence-electron chi connectivity index (χ1n) is 7.34. The van der Waals surface area contributed by atoms with Crippen molar-refractivity contribution in [2.45, 2.75) is 52.0 Å². The van der Waals surface area contributed by atoms with Crippen LogP contribution in [0.4, 0.5) is 0 Å². The standard InChI is InChI=1S/C15H25N3O/c1-11(2)15-17-9-14(13(18-15)8-16-3)19-10-12-6-4-5-7-12/h9,11-12,16H,4-8,10H2,1-3H3. The Hall–Kier alpha value is -1.16. The minimum Gasteiger partial charge on any atom is -0.490 e. The maximum absolute atomic E-state index is 5.94. The second-order valence-electron chi connectivity index (χ2n) is 5.69. The molecule has 0 saturated heterocycles. The molecule has 1 aromatic heterocycles. The van der Waals surface area contributed by atoms with Gasteiger partial charge in [0, 0.05) is 12.5 Å². The summed E-state index contributed by atoms with van der Waals surface area (Å²) in [4.78, 5) is 9.01. The van der Waals surface area contributed by atoms with Crippen LogP contribution < -0.4 is 10.1 Å². The van der Waals surface area contributed by atoms with E-state index in [0.717, 1.165) is 30.4 Å². The van der Waals surface area contributed by atoms with Gasteiger partial charge >= 0.3 is 0 Å². The smallest absolute Gasteiger partial charge is 0.160 e. The molecule has 1 aliphatic rings. The van der Waals surface area contributed by atoms with Gasteiger partial charge in [-0.15, -0.1) is 0 Å². The molecule has 0 spiro atoms. The highest BCUT2D eigenvalue weighted by atomic mass is 16.5. The molecule has 1 fully saturated rings. The van der Waals surface area contributed by atoms with Crippen LogP contribution in [0.2, 0.25) is 0 Å². The van der Waals surface area contributed by atoms with E-state index in [-0.39, 0.29) is 0 Å². The van der Waals surface area contributed by atoms with Gasteiger partial charge in [0.05, 0.1) is 18.5 Å². The van der Waals surface area contributed by atoms with E-state index in [1.807, 2.05) is 13.2 Å². The molecular weight excluding hydrogens is 238 g/mol. The van der Waals surface area contributed by atoms with Crippen LogP contribution in [-0.4, -0.2) is 23.6 Å². The number of hydrogen-bond donors (Lipinski definition) is 1. The molecule has 1 heterocycles. The van der Waals surface area contributed by atoms with Gasteiger partial charge in [0.2, 0.25) is 0 Å². The van der Waals surface area contributed by atoms with Crippen molar-refractivity contribution >= 4 is 0 Å². The molecule has 4 nitrogen and oxygen atoms in total. The number of ether oxygens (including phenoxy) is 1. The third-order valence-corrected chi connectivity index (χ3v) is 3.66. The van der Waals surface area contributed by atoms with Crippen molar-refractivity contribution in [3.8, 4) is 5.75 Å². The van der Waals surface area contributed by atoms with E-state index in [2.05, 4.69) is 29.1 Å². The van der Waals surface area contributed by atoms with Crippen molar-refractivity contribution in [2.75, 3.05) is 13.7 Å². The average molecular weight is 263 g/mol. The highest BCUT2D eigenvalue weighted by Crippen LogP contribution is 2.26. The van der Waals surface area contributed by atoms with Crippen LogP contribution in [0.25, 0.3) is 0 Å². The SMILES string of the molecule is CNCc1nc(C(C)C)ncc1OCC1CCCC1. The molecule has 106 valence electrons. The zero-order chi connectivity index (χ0) is 13.7. The summed E-state index contributed by atoms with van der Waals surface area (Å²) >= 11 is 0. The monoisotopic (exact) mass is 263 g/mol. The molecule has 0 unspecified atom stereocenters. The zero-order valence-electron chi connectivity index (χ0n) is 12.3.